The van der Waals surface area contributed by atoms with E-state index in [0.29, 0.717) is 56.8 Å². The van der Waals surface area contributed by atoms with Gasteiger partial charge in [0.1, 0.15) is 17.4 Å². The van der Waals surface area contributed by atoms with E-state index in [-0.39, 0.29) is 41.1 Å². The monoisotopic (exact) mass is 715 g/mol. The van der Waals surface area contributed by atoms with Gasteiger partial charge in [-0.15, -0.1) is 13.2 Å². The lowest BCUT2D eigenvalue weighted by Crippen LogP contribution is -2.61. The summed E-state index contributed by atoms with van der Waals surface area (Å²) in [5.74, 6) is -1.53. The molecule has 1 aromatic rings. The van der Waals surface area contributed by atoms with E-state index in [4.69, 9.17) is 9.47 Å². The number of benzene rings is 1. The van der Waals surface area contributed by atoms with Gasteiger partial charge in [-0.1, -0.05) is 48.9 Å². The first-order valence-corrected chi connectivity index (χ1v) is 17.9. The number of anilines is 1. The van der Waals surface area contributed by atoms with Crippen LogP contribution in [0.2, 0.25) is 0 Å². The minimum absolute atomic E-state index is 0.0598. The number of likely N-dealkylation sites (tertiary alicyclic amines) is 1. The molecule has 1 aromatic carbocycles. The van der Waals surface area contributed by atoms with Crippen molar-refractivity contribution < 1.29 is 29.0 Å². The minimum atomic E-state index is -1.17. The van der Waals surface area contributed by atoms with Gasteiger partial charge in [0, 0.05) is 42.3 Å². The molecule has 3 aliphatic heterocycles. The molecule has 3 fully saturated rings. The summed E-state index contributed by atoms with van der Waals surface area (Å²) in [7, 11) is 0. The lowest BCUT2D eigenvalue weighted by molar-refractivity contribution is -0.152. The quantitative estimate of drug-likeness (QED) is 0.133. The van der Waals surface area contributed by atoms with Gasteiger partial charge >= 0.3 is 0 Å². The molecular weight excluding hydrogens is 662 g/mol. The maximum atomic E-state index is 15.0. The number of alkyl halides is 1. The van der Waals surface area contributed by atoms with Crippen LogP contribution in [0.1, 0.15) is 73.6 Å². The second-order valence-electron chi connectivity index (χ2n) is 14.9. The van der Waals surface area contributed by atoms with Crippen molar-refractivity contribution in [1.82, 2.24) is 9.80 Å². The third-order valence-corrected chi connectivity index (χ3v) is 10.5. The molecule has 3 heterocycles. The van der Waals surface area contributed by atoms with Gasteiger partial charge in [0.05, 0.1) is 24.5 Å². The van der Waals surface area contributed by atoms with Crippen LogP contribution in [0.4, 0.5) is 5.69 Å². The SMILES string of the molecule is C=CCN(C(=O)[C@H]1[C@H]2C(=O)N(CCCCCO)C(C(=O)N(CC=C)C(C)(C)CC(C)(C)C)C23CC(Br)[C@@H]1O3)c1ccc(OCC)cc1. The number of rotatable bonds is 16. The maximum absolute atomic E-state index is 15.0. The lowest BCUT2D eigenvalue weighted by atomic mass is 9.70. The Hall–Kier alpha value is -2.69. The van der Waals surface area contributed by atoms with Gasteiger partial charge in [0.15, 0.2) is 0 Å². The maximum Gasteiger partial charge on any atom is 0.249 e. The standard InChI is InChI=1S/C37H54BrN3O6/c1-9-19-39(25-15-17-26(18-16-25)46-11-3)32(43)28-29-33(44)40(21-13-12-14-22-42)31(37(29)23-27(38)30(28)47-37)34(45)41(20-10-2)36(7,8)24-35(4,5)6/h9-10,15-18,27-31,42H,1-2,11-14,19-24H2,3-8H3/t27?,28-,29-,30-,31?,37?/m0/s1. The summed E-state index contributed by atoms with van der Waals surface area (Å²) in [5, 5.41) is 9.40. The average Bonchev–Trinajstić information content (AvgIpc) is 3.58. The number of aliphatic hydroxyl groups excluding tert-OH is 1. The normalized spacial score (nSPS) is 26.7. The molecule has 0 saturated carbocycles. The highest BCUT2D eigenvalue weighted by Gasteiger charge is 2.77. The fraction of sp³-hybridized carbons (Fsp3) is 0.649. The van der Waals surface area contributed by atoms with Crippen LogP contribution in [-0.4, -0.2) is 93.6 Å². The second kappa shape index (κ2) is 14.8. The molecule has 0 radical (unpaired) electrons. The van der Waals surface area contributed by atoms with E-state index in [1.54, 1.807) is 22.0 Å². The van der Waals surface area contributed by atoms with Gasteiger partial charge in [0.2, 0.25) is 17.7 Å². The van der Waals surface area contributed by atoms with E-state index < -0.39 is 35.1 Å². The summed E-state index contributed by atoms with van der Waals surface area (Å²) in [4.78, 5) is 49.2. The number of hydrogen-bond acceptors (Lipinski definition) is 6. The third kappa shape index (κ3) is 7.35. The van der Waals surface area contributed by atoms with Crippen molar-refractivity contribution in [2.45, 2.75) is 102 Å². The van der Waals surface area contributed by atoms with E-state index >= 15 is 0 Å². The topological polar surface area (TPSA) is 99.6 Å². The minimum Gasteiger partial charge on any atom is -0.494 e. The number of fused-ring (bicyclic) bond motifs is 1. The number of nitrogens with zero attached hydrogens (tertiary/aromatic N) is 3. The molecule has 47 heavy (non-hydrogen) atoms. The number of unbranched alkanes of at least 4 members (excludes halogenated alkanes) is 2. The molecule has 1 N–H and O–H groups in total. The largest absolute Gasteiger partial charge is 0.494 e. The van der Waals surface area contributed by atoms with Crippen LogP contribution < -0.4 is 9.64 Å². The average molecular weight is 717 g/mol. The Morgan fingerprint density at radius 1 is 1.09 bits per heavy atom. The molecule has 6 atom stereocenters. The van der Waals surface area contributed by atoms with Crippen LogP contribution in [0.15, 0.2) is 49.6 Å². The van der Waals surface area contributed by atoms with Crippen molar-refractivity contribution >= 4 is 39.3 Å². The third-order valence-electron chi connectivity index (χ3n) is 9.67. The number of carbonyl (C=O) groups is 3. The molecule has 10 heteroatoms. The highest BCUT2D eigenvalue weighted by Crippen LogP contribution is 2.61. The Kier molecular flexibility index (Phi) is 11.7. The first kappa shape index (κ1) is 37.1. The van der Waals surface area contributed by atoms with Gasteiger partial charge in [-0.25, -0.2) is 0 Å². The summed E-state index contributed by atoms with van der Waals surface area (Å²) in [6.07, 6.45) is 5.95. The van der Waals surface area contributed by atoms with E-state index in [0.717, 1.165) is 6.42 Å². The molecule has 0 aliphatic carbocycles. The van der Waals surface area contributed by atoms with Crippen molar-refractivity contribution in [3.63, 3.8) is 0 Å². The smallest absolute Gasteiger partial charge is 0.249 e. The molecule has 260 valence electrons. The molecule has 9 nitrogen and oxygen atoms in total. The number of halogens is 1. The van der Waals surface area contributed by atoms with Gasteiger partial charge in [-0.05, 0) is 82.6 Å². The van der Waals surface area contributed by atoms with Crippen LogP contribution >= 0.6 is 15.9 Å². The summed E-state index contributed by atoms with van der Waals surface area (Å²) in [5.41, 5.74) is -1.10. The van der Waals surface area contributed by atoms with Crippen LogP contribution in [0.3, 0.4) is 0 Å². The van der Waals surface area contributed by atoms with Crippen molar-refractivity contribution in [3.05, 3.63) is 49.6 Å². The molecular formula is C37H54BrN3O6. The molecule has 3 saturated heterocycles. The number of carbonyl (C=O) groups excluding carboxylic acids is 3. The van der Waals surface area contributed by atoms with E-state index in [9.17, 15) is 19.5 Å². The fourth-order valence-corrected chi connectivity index (χ4v) is 9.27. The fourth-order valence-electron chi connectivity index (χ4n) is 8.33. The molecule has 3 aliphatic rings. The highest BCUT2D eigenvalue weighted by atomic mass is 79.9. The zero-order chi connectivity index (χ0) is 34.7. The van der Waals surface area contributed by atoms with Crippen molar-refractivity contribution in [1.29, 1.82) is 0 Å². The molecule has 4 rings (SSSR count). The van der Waals surface area contributed by atoms with Crippen molar-refractivity contribution in [2.24, 2.45) is 17.3 Å². The Balaban J connectivity index is 1.77. The predicted octanol–water partition coefficient (Wildman–Crippen LogP) is 5.74. The van der Waals surface area contributed by atoms with E-state index in [1.807, 2.05) is 36.1 Å². The van der Waals surface area contributed by atoms with Crippen LogP contribution in [-0.2, 0) is 19.1 Å². The molecule has 2 bridgehead atoms. The first-order valence-electron chi connectivity index (χ1n) is 17.0. The Bertz CT molecular complexity index is 1310. The van der Waals surface area contributed by atoms with Gasteiger partial charge < -0.3 is 29.3 Å². The number of ether oxygens (including phenoxy) is 2. The van der Waals surface area contributed by atoms with Crippen LogP contribution in [0.25, 0.3) is 0 Å². The van der Waals surface area contributed by atoms with Crippen molar-refractivity contribution in [2.75, 3.05) is 37.7 Å². The highest BCUT2D eigenvalue weighted by molar-refractivity contribution is 9.09. The summed E-state index contributed by atoms with van der Waals surface area (Å²) in [6, 6.07) is 6.43. The van der Waals surface area contributed by atoms with E-state index in [2.05, 4.69) is 63.7 Å². The predicted molar refractivity (Wildman–Crippen MR) is 189 cm³/mol. The van der Waals surface area contributed by atoms with Gasteiger partial charge in [-0.2, -0.15) is 0 Å². The second-order valence-corrected chi connectivity index (χ2v) is 16.1. The Morgan fingerprint density at radius 2 is 1.74 bits per heavy atom. The summed E-state index contributed by atoms with van der Waals surface area (Å²) >= 11 is 3.81. The number of hydrogen-bond donors (Lipinski definition) is 1. The zero-order valence-corrected chi connectivity index (χ0v) is 30.6. The van der Waals surface area contributed by atoms with Gasteiger partial charge in [-0.3, -0.25) is 14.4 Å². The molecule has 3 unspecified atom stereocenters. The van der Waals surface area contributed by atoms with Gasteiger partial charge in [0.25, 0.3) is 0 Å². The lowest BCUT2D eigenvalue weighted by Gasteiger charge is -2.45. The summed E-state index contributed by atoms with van der Waals surface area (Å²) in [6.45, 7) is 21.9. The Morgan fingerprint density at radius 3 is 2.32 bits per heavy atom. The molecule has 0 aromatic heterocycles. The van der Waals surface area contributed by atoms with Crippen LogP contribution in [0.5, 0.6) is 5.75 Å². The number of amides is 3. The molecule has 3 amide bonds. The number of aliphatic hydroxyl groups is 1. The van der Waals surface area contributed by atoms with Crippen LogP contribution in [0, 0.1) is 17.3 Å². The summed E-state index contributed by atoms with van der Waals surface area (Å²) < 4.78 is 12.4. The van der Waals surface area contributed by atoms with E-state index in [1.165, 1.54) is 0 Å². The van der Waals surface area contributed by atoms with Crippen molar-refractivity contribution in [3.8, 4) is 5.75 Å². The zero-order valence-electron chi connectivity index (χ0n) is 29.0. The Labute approximate surface area is 289 Å². The molecule has 1 spiro atoms. The first-order chi connectivity index (χ1) is 22.2.